The SMILES string of the molecule is CCSc1nc(N)nc(NC(C)COc2ccc(C)cc2C)n1. The largest absolute Gasteiger partial charge is 0.491 e. The van der Waals surface area contributed by atoms with Crippen LogP contribution in [-0.2, 0) is 0 Å². The molecule has 0 spiro atoms. The second-order valence-corrected chi connectivity index (χ2v) is 6.59. The first-order valence-corrected chi connectivity index (χ1v) is 8.57. The van der Waals surface area contributed by atoms with Gasteiger partial charge in [-0.15, -0.1) is 0 Å². The summed E-state index contributed by atoms with van der Waals surface area (Å²) in [7, 11) is 0. The smallest absolute Gasteiger partial charge is 0.228 e. The van der Waals surface area contributed by atoms with E-state index in [-0.39, 0.29) is 12.0 Å². The molecule has 0 saturated heterocycles. The fraction of sp³-hybridized carbons (Fsp3) is 0.438. The second-order valence-electron chi connectivity index (χ2n) is 5.36. The number of anilines is 2. The van der Waals surface area contributed by atoms with Crippen molar-refractivity contribution in [3.8, 4) is 5.75 Å². The Labute approximate surface area is 141 Å². The number of hydrogen-bond donors (Lipinski definition) is 2. The van der Waals surface area contributed by atoms with Crippen LogP contribution in [-0.4, -0.2) is 33.4 Å². The summed E-state index contributed by atoms with van der Waals surface area (Å²) in [6.07, 6.45) is 0. The van der Waals surface area contributed by atoms with Crippen molar-refractivity contribution in [1.82, 2.24) is 15.0 Å². The summed E-state index contributed by atoms with van der Waals surface area (Å²) in [5.74, 6) is 2.47. The van der Waals surface area contributed by atoms with Crippen LogP contribution in [0.5, 0.6) is 5.75 Å². The van der Waals surface area contributed by atoms with E-state index in [0.717, 1.165) is 17.1 Å². The maximum atomic E-state index is 5.86. The van der Waals surface area contributed by atoms with Gasteiger partial charge < -0.3 is 15.8 Å². The third-order valence-corrected chi connectivity index (χ3v) is 3.83. The molecule has 6 nitrogen and oxygen atoms in total. The molecule has 0 saturated carbocycles. The maximum absolute atomic E-state index is 5.86. The summed E-state index contributed by atoms with van der Waals surface area (Å²) in [5.41, 5.74) is 8.07. The Morgan fingerprint density at radius 3 is 2.74 bits per heavy atom. The topological polar surface area (TPSA) is 86.0 Å². The summed E-state index contributed by atoms with van der Waals surface area (Å²) in [4.78, 5) is 12.5. The minimum Gasteiger partial charge on any atom is -0.491 e. The van der Waals surface area contributed by atoms with Crippen molar-refractivity contribution in [3.05, 3.63) is 29.3 Å². The molecule has 0 fully saturated rings. The molecule has 7 heteroatoms. The number of nitrogen functional groups attached to an aromatic ring is 1. The molecule has 0 amide bonds. The Kier molecular flexibility index (Phi) is 6.04. The summed E-state index contributed by atoms with van der Waals surface area (Å²) in [5, 5.41) is 3.83. The van der Waals surface area contributed by atoms with Crippen molar-refractivity contribution >= 4 is 23.7 Å². The van der Waals surface area contributed by atoms with Crippen LogP contribution in [0.1, 0.15) is 25.0 Å². The molecule has 1 aromatic heterocycles. The van der Waals surface area contributed by atoms with Crippen molar-refractivity contribution < 1.29 is 4.74 Å². The highest BCUT2D eigenvalue weighted by Crippen LogP contribution is 2.19. The van der Waals surface area contributed by atoms with Gasteiger partial charge in [-0.3, -0.25) is 0 Å². The van der Waals surface area contributed by atoms with Crippen molar-refractivity contribution in [2.75, 3.05) is 23.4 Å². The first kappa shape index (κ1) is 17.3. The van der Waals surface area contributed by atoms with Gasteiger partial charge in [-0.2, -0.15) is 15.0 Å². The monoisotopic (exact) mass is 333 g/mol. The summed E-state index contributed by atoms with van der Waals surface area (Å²) >= 11 is 1.53. The van der Waals surface area contributed by atoms with Crippen LogP contribution >= 0.6 is 11.8 Å². The minimum absolute atomic E-state index is 0.0389. The Morgan fingerprint density at radius 1 is 1.26 bits per heavy atom. The molecule has 124 valence electrons. The van der Waals surface area contributed by atoms with E-state index >= 15 is 0 Å². The van der Waals surface area contributed by atoms with Crippen LogP contribution in [0.15, 0.2) is 23.4 Å². The lowest BCUT2D eigenvalue weighted by Crippen LogP contribution is -2.25. The van der Waals surface area contributed by atoms with E-state index in [1.165, 1.54) is 17.3 Å². The zero-order valence-electron chi connectivity index (χ0n) is 14.0. The number of ether oxygens (including phenoxy) is 1. The minimum atomic E-state index is 0.0389. The lowest BCUT2D eigenvalue weighted by atomic mass is 10.1. The van der Waals surface area contributed by atoms with E-state index in [9.17, 15) is 0 Å². The standard InChI is InChI=1S/C16H23N5OS/c1-5-23-16-20-14(17)19-15(21-16)18-12(4)9-22-13-7-6-10(2)8-11(13)3/h6-8,12H,5,9H2,1-4H3,(H3,17,18,19,20,21). The molecule has 3 N–H and O–H groups in total. The Balaban J connectivity index is 1.95. The molecule has 0 radical (unpaired) electrons. The molecule has 0 aliphatic carbocycles. The number of rotatable bonds is 7. The van der Waals surface area contributed by atoms with E-state index in [0.29, 0.717) is 17.7 Å². The first-order valence-electron chi connectivity index (χ1n) is 7.59. The predicted octanol–water partition coefficient (Wildman–Crippen LogP) is 3.06. The van der Waals surface area contributed by atoms with Crippen molar-refractivity contribution in [2.24, 2.45) is 0 Å². The molecule has 0 aliphatic heterocycles. The normalized spacial score (nSPS) is 12.0. The van der Waals surface area contributed by atoms with E-state index in [1.54, 1.807) is 0 Å². The van der Waals surface area contributed by atoms with Gasteiger partial charge in [0.15, 0.2) is 5.16 Å². The highest BCUT2D eigenvalue weighted by atomic mass is 32.2. The van der Waals surface area contributed by atoms with Crippen LogP contribution in [0.25, 0.3) is 0 Å². The van der Waals surface area contributed by atoms with Gasteiger partial charge in [-0.1, -0.05) is 36.4 Å². The van der Waals surface area contributed by atoms with Gasteiger partial charge in [0, 0.05) is 0 Å². The van der Waals surface area contributed by atoms with Crippen LogP contribution in [0, 0.1) is 13.8 Å². The van der Waals surface area contributed by atoms with Gasteiger partial charge >= 0.3 is 0 Å². The Morgan fingerprint density at radius 2 is 2.04 bits per heavy atom. The number of thioether (sulfide) groups is 1. The molecule has 2 rings (SSSR count). The number of nitrogens with zero attached hydrogens (tertiary/aromatic N) is 3. The van der Waals surface area contributed by atoms with Gasteiger partial charge in [-0.05, 0) is 38.2 Å². The van der Waals surface area contributed by atoms with Gasteiger partial charge in [-0.25, -0.2) is 0 Å². The number of nitrogens with two attached hydrogens (primary N) is 1. The number of benzene rings is 1. The quantitative estimate of drug-likeness (QED) is 0.753. The fourth-order valence-corrected chi connectivity index (χ4v) is 2.64. The fourth-order valence-electron chi connectivity index (χ4n) is 2.07. The highest BCUT2D eigenvalue weighted by molar-refractivity contribution is 7.99. The maximum Gasteiger partial charge on any atom is 0.228 e. The zero-order valence-corrected chi connectivity index (χ0v) is 14.8. The highest BCUT2D eigenvalue weighted by Gasteiger charge is 2.09. The summed E-state index contributed by atoms with van der Waals surface area (Å²) < 4.78 is 5.86. The predicted molar refractivity (Wildman–Crippen MR) is 95.1 cm³/mol. The van der Waals surface area contributed by atoms with E-state index < -0.39 is 0 Å². The number of nitrogens with one attached hydrogen (secondary N) is 1. The van der Waals surface area contributed by atoms with Crippen molar-refractivity contribution in [3.63, 3.8) is 0 Å². The number of hydrogen-bond acceptors (Lipinski definition) is 7. The van der Waals surface area contributed by atoms with Crippen LogP contribution in [0.4, 0.5) is 11.9 Å². The number of aryl methyl sites for hydroxylation is 2. The zero-order chi connectivity index (χ0) is 16.8. The lowest BCUT2D eigenvalue weighted by Gasteiger charge is -2.16. The van der Waals surface area contributed by atoms with Gasteiger partial charge in [0.2, 0.25) is 11.9 Å². The average molecular weight is 333 g/mol. The summed E-state index contributed by atoms with van der Waals surface area (Å²) in [6.45, 7) is 8.67. The molecule has 0 aliphatic rings. The van der Waals surface area contributed by atoms with Gasteiger partial charge in [0.05, 0.1) is 6.04 Å². The molecule has 2 aromatic rings. The summed E-state index contributed by atoms with van der Waals surface area (Å²) in [6, 6.07) is 6.18. The van der Waals surface area contributed by atoms with Crippen LogP contribution < -0.4 is 15.8 Å². The van der Waals surface area contributed by atoms with Crippen LogP contribution in [0.2, 0.25) is 0 Å². The molecule has 0 bridgehead atoms. The lowest BCUT2D eigenvalue weighted by molar-refractivity contribution is 0.301. The molecule has 1 atom stereocenters. The van der Waals surface area contributed by atoms with Crippen molar-refractivity contribution in [1.29, 1.82) is 0 Å². The molecular formula is C16H23N5OS. The van der Waals surface area contributed by atoms with E-state index in [2.05, 4.69) is 33.3 Å². The van der Waals surface area contributed by atoms with Crippen LogP contribution in [0.3, 0.4) is 0 Å². The van der Waals surface area contributed by atoms with Gasteiger partial charge in [0.1, 0.15) is 12.4 Å². The molecule has 1 unspecified atom stereocenters. The third kappa shape index (κ3) is 5.28. The molecular weight excluding hydrogens is 310 g/mol. The Hall–Kier alpha value is -2.02. The second kappa shape index (κ2) is 8.01. The molecule has 1 heterocycles. The third-order valence-electron chi connectivity index (χ3n) is 3.10. The average Bonchev–Trinajstić information content (AvgIpc) is 2.46. The number of aromatic nitrogens is 3. The van der Waals surface area contributed by atoms with Crippen molar-refractivity contribution in [2.45, 2.75) is 38.9 Å². The molecule has 1 aromatic carbocycles. The van der Waals surface area contributed by atoms with Gasteiger partial charge in [0.25, 0.3) is 0 Å². The first-order chi connectivity index (χ1) is 11.0. The molecule has 23 heavy (non-hydrogen) atoms. The van der Waals surface area contributed by atoms with E-state index in [1.807, 2.05) is 32.9 Å². The van der Waals surface area contributed by atoms with E-state index in [4.69, 9.17) is 10.5 Å². The Bertz CT molecular complexity index is 665.